The number of hydrogen-bond acceptors (Lipinski definition) is 3. The molecule has 1 aromatic carbocycles. The third kappa shape index (κ3) is 3.81. The smallest absolute Gasteiger partial charge is 0.271 e. The molecule has 0 aromatic heterocycles. The number of benzene rings is 1. The Balaban J connectivity index is 1.87. The predicted octanol–water partition coefficient (Wildman–Crippen LogP) is 0.565. The highest BCUT2D eigenvalue weighted by molar-refractivity contribution is 5.95. The number of phenolic OH excluding ortho intramolecular Hbond substituents is 1. The first-order chi connectivity index (χ1) is 9.56. The lowest BCUT2D eigenvalue weighted by Gasteiger charge is -2.27. The van der Waals surface area contributed by atoms with Crippen LogP contribution >= 0.6 is 0 Å². The molecule has 1 aliphatic rings. The van der Waals surface area contributed by atoms with E-state index < -0.39 is 0 Å². The summed E-state index contributed by atoms with van der Waals surface area (Å²) in [6, 6.07) is 6.79. The first-order valence-corrected chi connectivity index (χ1v) is 7.05. The number of phenols is 1. The molecule has 1 aliphatic heterocycles. The number of nitrogens with zero attached hydrogens (tertiary/aromatic N) is 1. The zero-order valence-electron chi connectivity index (χ0n) is 12.0. The molecule has 1 heterocycles. The Hall–Kier alpha value is -1.88. The Morgan fingerprint density at radius 2 is 1.85 bits per heavy atom. The van der Waals surface area contributed by atoms with Crippen molar-refractivity contribution in [2.75, 3.05) is 13.1 Å². The number of quaternary nitrogens is 1. The molecule has 5 heteroatoms. The summed E-state index contributed by atoms with van der Waals surface area (Å²) < 4.78 is 0. The molecule has 0 bridgehead atoms. The maximum absolute atomic E-state index is 11.9. The number of hydrogen-bond donors (Lipinski definition) is 3. The average Bonchev–Trinajstić information content (AvgIpc) is 2.46. The van der Waals surface area contributed by atoms with Crippen molar-refractivity contribution in [1.29, 1.82) is 0 Å². The van der Waals surface area contributed by atoms with Gasteiger partial charge < -0.3 is 10.0 Å². The third-order valence-electron chi connectivity index (χ3n) is 3.73. The van der Waals surface area contributed by atoms with Gasteiger partial charge >= 0.3 is 0 Å². The number of carbonyl (C=O) groups is 1. The number of carbonyl (C=O) groups excluding carboxylic acids is 1. The lowest BCUT2D eigenvalue weighted by atomic mass is 10.1. The van der Waals surface area contributed by atoms with E-state index >= 15 is 0 Å². The third-order valence-corrected chi connectivity index (χ3v) is 3.73. The molecule has 1 saturated heterocycles. The SMILES string of the molecule is CC(C)[NH+]1CCC(=NNC(=O)c2ccc(O)cc2)CC1. The van der Waals surface area contributed by atoms with E-state index in [0.29, 0.717) is 11.6 Å². The van der Waals surface area contributed by atoms with Crippen molar-refractivity contribution >= 4 is 11.6 Å². The van der Waals surface area contributed by atoms with Gasteiger partial charge in [0.25, 0.3) is 5.91 Å². The number of nitrogens with one attached hydrogen (secondary N) is 2. The lowest BCUT2D eigenvalue weighted by molar-refractivity contribution is -0.922. The second kappa shape index (κ2) is 6.52. The summed E-state index contributed by atoms with van der Waals surface area (Å²) >= 11 is 0. The van der Waals surface area contributed by atoms with Crippen molar-refractivity contribution < 1.29 is 14.8 Å². The van der Waals surface area contributed by atoms with E-state index in [1.165, 1.54) is 12.1 Å². The van der Waals surface area contributed by atoms with E-state index in [0.717, 1.165) is 31.6 Å². The van der Waals surface area contributed by atoms with Crippen molar-refractivity contribution in [3.05, 3.63) is 29.8 Å². The number of aromatic hydroxyl groups is 1. The summed E-state index contributed by atoms with van der Waals surface area (Å²) in [4.78, 5) is 13.5. The van der Waals surface area contributed by atoms with Gasteiger partial charge in [-0.1, -0.05) is 0 Å². The van der Waals surface area contributed by atoms with Crippen LogP contribution in [0, 0.1) is 0 Å². The van der Waals surface area contributed by atoms with Crippen molar-refractivity contribution in [3.63, 3.8) is 0 Å². The Morgan fingerprint density at radius 1 is 1.25 bits per heavy atom. The van der Waals surface area contributed by atoms with Gasteiger partial charge in [0.1, 0.15) is 5.75 Å². The van der Waals surface area contributed by atoms with Gasteiger partial charge in [-0.25, -0.2) is 5.43 Å². The second-order valence-corrected chi connectivity index (χ2v) is 5.48. The van der Waals surface area contributed by atoms with Crippen molar-refractivity contribution in [3.8, 4) is 5.75 Å². The van der Waals surface area contributed by atoms with E-state index in [1.807, 2.05) is 0 Å². The van der Waals surface area contributed by atoms with Gasteiger partial charge in [0, 0.05) is 24.1 Å². The summed E-state index contributed by atoms with van der Waals surface area (Å²) in [6.07, 6.45) is 1.87. The summed E-state index contributed by atoms with van der Waals surface area (Å²) in [6.45, 7) is 6.60. The van der Waals surface area contributed by atoms with E-state index in [4.69, 9.17) is 0 Å². The predicted molar refractivity (Wildman–Crippen MR) is 78.1 cm³/mol. The number of likely N-dealkylation sites (tertiary alicyclic amines) is 1. The molecule has 108 valence electrons. The topological polar surface area (TPSA) is 66.1 Å². The highest BCUT2D eigenvalue weighted by Gasteiger charge is 2.20. The fraction of sp³-hybridized carbons (Fsp3) is 0.467. The van der Waals surface area contributed by atoms with Crippen molar-refractivity contribution in [1.82, 2.24) is 5.43 Å². The maximum atomic E-state index is 11.9. The van der Waals surface area contributed by atoms with E-state index in [-0.39, 0.29) is 11.7 Å². The number of piperidine rings is 1. The van der Waals surface area contributed by atoms with E-state index in [9.17, 15) is 9.90 Å². The fourth-order valence-electron chi connectivity index (χ4n) is 2.36. The fourth-order valence-corrected chi connectivity index (χ4v) is 2.36. The Morgan fingerprint density at radius 3 is 2.40 bits per heavy atom. The highest BCUT2D eigenvalue weighted by atomic mass is 16.3. The zero-order valence-corrected chi connectivity index (χ0v) is 12.0. The summed E-state index contributed by atoms with van der Waals surface area (Å²) in [5.41, 5.74) is 4.14. The zero-order chi connectivity index (χ0) is 14.5. The van der Waals surface area contributed by atoms with Gasteiger partial charge in [0.05, 0.1) is 19.1 Å². The number of rotatable bonds is 3. The Kier molecular flexibility index (Phi) is 4.74. The summed E-state index contributed by atoms with van der Waals surface area (Å²) in [5.74, 6) is -0.0898. The standard InChI is InChI=1S/C15H21N3O2/c1-11(2)18-9-7-13(8-10-18)16-17-15(20)12-3-5-14(19)6-4-12/h3-6,11,19H,7-10H2,1-2H3,(H,17,20)/p+1. The lowest BCUT2D eigenvalue weighted by Crippen LogP contribution is -3.16. The average molecular weight is 276 g/mol. The minimum absolute atomic E-state index is 0.150. The first-order valence-electron chi connectivity index (χ1n) is 7.05. The molecule has 0 spiro atoms. The second-order valence-electron chi connectivity index (χ2n) is 5.48. The Bertz CT molecular complexity index is 484. The Labute approximate surface area is 119 Å². The number of amides is 1. The molecule has 0 radical (unpaired) electrons. The van der Waals surface area contributed by atoms with Crippen molar-refractivity contribution in [2.45, 2.75) is 32.7 Å². The maximum Gasteiger partial charge on any atom is 0.271 e. The van der Waals surface area contributed by atoms with Crippen LogP contribution in [-0.4, -0.2) is 35.9 Å². The van der Waals surface area contributed by atoms with Gasteiger partial charge in [-0.05, 0) is 38.1 Å². The highest BCUT2D eigenvalue weighted by Crippen LogP contribution is 2.09. The van der Waals surface area contributed by atoms with Crippen LogP contribution in [0.15, 0.2) is 29.4 Å². The normalized spacial score (nSPS) is 18.9. The molecule has 1 fully saturated rings. The molecule has 0 atom stereocenters. The minimum atomic E-state index is -0.240. The summed E-state index contributed by atoms with van der Waals surface area (Å²) in [5, 5.41) is 13.4. The van der Waals surface area contributed by atoms with Crippen LogP contribution in [0.3, 0.4) is 0 Å². The van der Waals surface area contributed by atoms with Crippen LogP contribution in [0.2, 0.25) is 0 Å². The monoisotopic (exact) mass is 276 g/mol. The van der Waals surface area contributed by atoms with Gasteiger partial charge in [0.15, 0.2) is 0 Å². The molecule has 20 heavy (non-hydrogen) atoms. The van der Waals surface area contributed by atoms with Gasteiger partial charge in [-0.15, -0.1) is 0 Å². The molecule has 5 nitrogen and oxygen atoms in total. The molecule has 3 N–H and O–H groups in total. The van der Waals surface area contributed by atoms with E-state index in [2.05, 4.69) is 24.4 Å². The van der Waals surface area contributed by atoms with Gasteiger partial charge in [0.2, 0.25) is 0 Å². The van der Waals surface area contributed by atoms with Crippen LogP contribution in [0.5, 0.6) is 5.75 Å². The molecule has 1 aromatic rings. The van der Waals surface area contributed by atoms with Crippen LogP contribution in [0.4, 0.5) is 0 Å². The van der Waals surface area contributed by atoms with Crippen LogP contribution in [-0.2, 0) is 0 Å². The van der Waals surface area contributed by atoms with Gasteiger partial charge in [-0.2, -0.15) is 5.10 Å². The minimum Gasteiger partial charge on any atom is -0.508 e. The quantitative estimate of drug-likeness (QED) is 0.706. The molecule has 0 unspecified atom stereocenters. The number of hydrazone groups is 1. The molecular formula is C15H22N3O2+. The molecule has 0 aliphatic carbocycles. The summed E-state index contributed by atoms with van der Waals surface area (Å²) in [7, 11) is 0. The molecule has 2 rings (SSSR count). The van der Waals surface area contributed by atoms with Crippen molar-refractivity contribution in [2.24, 2.45) is 5.10 Å². The van der Waals surface area contributed by atoms with Gasteiger partial charge in [-0.3, -0.25) is 4.79 Å². The molecule has 0 saturated carbocycles. The van der Waals surface area contributed by atoms with Crippen LogP contribution in [0.1, 0.15) is 37.0 Å². The van der Waals surface area contributed by atoms with Crippen LogP contribution < -0.4 is 10.3 Å². The first kappa shape index (κ1) is 14.5. The molecule has 1 amide bonds. The molecular weight excluding hydrogens is 254 g/mol. The largest absolute Gasteiger partial charge is 0.508 e. The van der Waals surface area contributed by atoms with E-state index in [1.54, 1.807) is 17.0 Å². The van der Waals surface area contributed by atoms with Crippen LogP contribution in [0.25, 0.3) is 0 Å².